The highest BCUT2D eigenvalue weighted by molar-refractivity contribution is 5.95. The van der Waals surface area contributed by atoms with Crippen molar-refractivity contribution in [2.75, 3.05) is 5.73 Å². The molecule has 0 spiro atoms. The van der Waals surface area contributed by atoms with Crippen LogP contribution in [0.2, 0.25) is 0 Å². The lowest BCUT2D eigenvalue weighted by Gasteiger charge is -1.98. The summed E-state index contributed by atoms with van der Waals surface area (Å²) in [6.07, 6.45) is 0.761. The molecule has 0 aliphatic heterocycles. The number of nitrogens with two attached hydrogens (primary N) is 2. The van der Waals surface area contributed by atoms with E-state index in [0.717, 1.165) is 6.42 Å². The van der Waals surface area contributed by atoms with E-state index in [-0.39, 0.29) is 11.5 Å². The Hall–Kier alpha value is -1.52. The number of amides is 1. The maximum atomic E-state index is 10.8. The number of imidazole rings is 1. The molecule has 0 saturated heterocycles. The van der Waals surface area contributed by atoms with Crippen molar-refractivity contribution >= 4 is 11.7 Å². The Morgan fingerprint density at radius 3 is 2.62 bits per heavy atom. The Labute approximate surface area is 76.5 Å². The SMILES string of the molecule is CC(C)Cc1nc(N)c(C(N)=O)[nH]1. The van der Waals surface area contributed by atoms with Crippen LogP contribution in [0.15, 0.2) is 0 Å². The van der Waals surface area contributed by atoms with Gasteiger partial charge in [-0.15, -0.1) is 0 Å². The van der Waals surface area contributed by atoms with Crippen molar-refractivity contribution in [1.29, 1.82) is 0 Å². The first-order valence-electron chi connectivity index (χ1n) is 4.15. The highest BCUT2D eigenvalue weighted by Crippen LogP contribution is 2.10. The Kier molecular flexibility index (Phi) is 2.55. The first-order valence-corrected chi connectivity index (χ1v) is 4.15. The number of aromatic amines is 1. The van der Waals surface area contributed by atoms with Gasteiger partial charge in [-0.3, -0.25) is 4.79 Å². The molecule has 1 aromatic rings. The van der Waals surface area contributed by atoms with Gasteiger partial charge in [0.05, 0.1) is 0 Å². The van der Waals surface area contributed by atoms with Gasteiger partial charge in [0.15, 0.2) is 5.82 Å². The molecule has 0 atom stereocenters. The fourth-order valence-electron chi connectivity index (χ4n) is 1.11. The number of nitrogens with one attached hydrogen (secondary N) is 1. The zero-order valence-electron chi connectivity index (χ0n) is 7.79. The molecule has 1 heterocycles. The van der Waals surface area contributed by atoms with Gasteiger partial charge in [-0.1, -0.05) is 13.8 Å². The van der Waals surface area contributed by atoms with Crippen LogP contribution in [0.25, 0.3) is 0 Å². The number of carbonyl (C=O) groups is 1. The third-order valence-electron chi connectivity index (χ3n) is 1.63. The quantitative estimate of drug-likeness (QED) is 0.626. The summed E-state index contributed by atoms with van der Waals surface area (Å²) in [6, 6.07) is 0. The van der Waals surface area contributed by atoms with E-state index in [1.807, 2.05) is 0 Å². The summed E-state index contributed by atoms with van der Waals surface area (Å²) in [7, 11) is 0. The van der Waals surface area contributed by atoms with E-state index in [9.17, 15) is 4.79 Å². The summed E-state index contributed by atoms with van der Waals surface area (Å²) in [5.41, 5.74) is 10.7. The number of rotatable bonds is 3. The molecule has 0 aliphatic carbocycles. The van der Waals surface area contributed by atoms with Crippen LogP contribution in [-0.2, 0) is 6.42 Å². The van der Waals surface area contributed by atoms with Crippen molar-refractivity contribution in [3.05, 3.63) is 11.5 Å². The maximum Gasteiger partial charge on any atom is 0.269 e. The van der Waals surface area contributed by atoms with Gasteiger partial charge in [-0.05, 0) is 5.92 Å². The van der Waals surface area contributed by atoms with Gasteiger partial charge in [0.25, 0.3) is 5.91 Å². The molecule has 5 heteroatoms. The fourth-order valence-corrected chi connectivity index (χ4v) is 1.11. The van der Waals surface area contributed by atoms with Gasteiger partial charge in [0, 0.05) is 6.42 Å². The lowest BCUT2D eigenvalue weighted by Crippen LogP contribution is -2.13. The van der Waals surface area contributed by atoms with Crippen molar-refractivity contribution < 1.29 is 4.79 Å². The van der Waals surface area contributed by atoms with Crippen molar-refractivity contribution in [2.45, 2.75) is 20.3 Å². The zero-order valence-corrected chi connectivity index (χ0v) is 7.79. The molecule has 1 aromatic heterocycles. The Balaban J connectivity index is 2.89. The van der Waals surface area contributed by atoms with Crippen LogP contribution in [-0.4, -0.2) is 15.9 Å². The van der Waals surface area contributed by atoms with Crippen molar-refractivity contribution in [2.24, 2.45) is 11.7 Å². The molecule has 1 amide bonds. The summed E-state index contributed by atoms with van der Waals surface area (Å²) in [4.78, 5) is 17.6. The normalized spacial score (nSPS) is 10.7. The lowest BCUT2D eigenvalue weighted by atomic mass is 10.1. The summed E-state index contributed by atoms with van der Waals surface area (Å²) in [5, 5.41) is 0. The molecule has 0 unspecified atom stereocenters. The maximum absolute atomic E-state index is 10.8. The summed E-state index contributed by atoms with van der Waals surface area (Å²) >= 11 is 0. The van der Waals surface area contributed by atoms with E-state index in [1.165, 1.54) is 0 Å². The predicted octanol–water partition coefficient (Wildman–Crippen LogP) is 0.289. The zero-order chi connectivity index (χ0) is 10.0. The number of H-pyrrole nitrogens is 1. The molecule has 0 radical (unpaired) electrons. The van der Waals surface area contributed by atoms with Crippen molar-refractivity contribution in [3.63, 3.8) is 0 Å². The summed E-state index contributed by atoms with van der Waals surface area (Å²) in [6.45, 7) is 4.12. The molecule has 13 heavy (non-hydrogen) atoms. The molecule has 72 valence electrons. The number of primary amides is 1. The van der Waals surface area contributed by atoms with Gasteiger partial charge in [0.1, 0.15) is 11.5 Å². The van der Waals surface area contributed by atoms with Crippen LogP contribution in [0, 0.1) is 5.92 Å². The minimum atomic E-state index is -0.569. The first kappa shape index (κ1) is 9.57. The molecular weight excluding hydrogens is 168 g/mol. The molecule has 0 fully saturated rings. The molecule has 0 aromatic carbocycles. The standard InChI is InChI=1S/C8H14N4O/c1-4(2)3-5-11-6(8(10)13)7(9)12-5/h4H,3,9H2,1-2H3,(H2,10,13)(H,11,12). The highest BCUT2D eigenvalue weighted by Gasteiger charge is 2.12. The summed E-state index contributed by atoms with van der Waals surface area (Å²) < 4.78 is 0. The molecular formula is C8H14N4O. The van der Waals surface area contributed by atoms with Gasteiger partial charge in [0.2, 0.25) is 0 Å². The second-order valence-electron chi connectivity index (χ2n) is 3.41. The first-order chi connectivity index (χ1) is 6.00. The number of aromatic nitrogens is 2. The van der Waals surface area contributed by atoms with Crippen LogP contribution >= 0.6 is 0 Å². The molecule has 5 N–H and O–H groups in total. The van der Waals surface area contributed by atoms with E-state index in [1.54, 1.807) is 0 Å². The van der Waals surface area contributed by atoms with Crippen molar-refractivity contribution in [3.8, 4) is 0 Å². The number of anilines is 1. The van der Waals surface area contributed by atoms with Crippen LogP contribution in [0.3, 0.4) is 0 Å². The predicted molar refractivity (Wildman–Crippen MR) is 50.1 cm³/mol. The second-order valence-corrected chi connectivity index (χ2v) is 3.41. The number of carbonyl (C=O) groups excluding carboxylic acids is 1. The van der Waals surface area contributed by atoms with Gasteiger partial charge in [-0.25, -0.2) is 4.98 Å². The molecule has 5 nitrogen and oxygen atoms in total. The van der Waals surface area contributed by atoms with Crippen LogP contribution < -0.4 is 11.5 Å². The van der Waals surface area contributed by atoms with E-state index in [4.69, 9.17) is 11.5 Å². The third-order valence-corrected chi connectivity index (χ3v) is 1.63. The Morgan fingerprint density at radius 2 is 2.23 bits per heavy atom. The third kappa shape index (κ3) is 2.21. The van der Waals surface area contributed by atoms with Crippen LogP contribution in [0.1, 0.15) is 30.2 Å². The molecule has 0 saturated carbocycles. The van der Waals surface area contributed by atoms with E-state index >= 15 is 0 Å². The smallest absolute Gasteiger partial charge is 0.269 e. The van der Waals surface area contributed by atoms with E-state index < -0.39 is 5.91 Å². The monoisotopic (exact) mass is 182 g/mol. The number of hydrogen-bond acceptors (Lipinski definition) is 3. The van der Waals surface area contributed by atoms with Gasteiger partial charge in [-0.2, -0.15) is 0 Å². The largest absolute Gasteiger partial charge is 0.382 e. The average Bonchev–Trinajstić information content (AvgIpc) is 2.29. The van der Waals surface area contributed by atoms with E-state index in [0.29, 0.717) is 11.7 Å². The second kappa shape index (κ2) is 3.47. The molecule has 1 rings (SSSR count). The van der Waals surface area contributed by atoms with Gasteiger partial charge >= 0.3 is 0 Å². The lowest BCUT2D eigenvalue weighted by molar-refractivity contribution is 0.0997. The average molecular weight is 182 g/mol. The minimum absolute atomic E-state index is 0.183. The molecule has 0 aliphatic rings. The summed E-state index contributed by atoms with van der Waals surface area (Å²) in [5.74, 6) is 0.788. The van der Waals surface area contributed by atoms with Crippen LogP contribution in [0.4, 0.5) is 5.82 Å². The van der Waals surface area contributed by atoms with Crippen LogP contribution in [0.5, 0.6) is 0 Å². The minimum Gasteiger partial charge on any atom is -0.382 e. The number of nitrogen functional groups attached to an aromatic ring is 1. The molecule has 0 bridgehead atoms. The number of nitrogens with zero attached hydrogens (tertiary/aromatic N) is 1. The fraction of sp³-hybridized carbons (Fsp3) is 0.500. The Bertz CT molecular complexity index is 316. The van der Waals surface area contributed by atoms with Gasteiger partial charge < -0.3 is 16.5 Å². The Morgan fingerprint density at radius 1 is 1.62 bits per heavy atom. The highest BCUT2D eigenvalue weighted by atomic mass is 16.1. The van der Waals surface area contributed by atoms with E-state index in [2.05, 4.69) is 23.8 Å². The number of hydrogen-bond donors (Lipinski definition) is 3. The van der Waals surface area contributed by atoms with Crippen molar-refractivity contribution in [1.82, 2.24) is 9.97 Å². The topological polar surface area (TPSA) is 97.8 Å².